The van der Waals surface area contributed by atoms with E-state index in [1.165, 1.54) is 12.2 Å². The molecule has 0 amide bonds. The van der Waals surface area contributed by atoms with Crippen LogP contribution in [0.2, 0.25) is 0 Å². The predicted octanol–water partition coefficient (Wildman–Crippen LogP) is 1.80. The first-order chi connectivity index (χ1) is 6.64. The molecule has 0 aromatic heterocycles. The number of carbonyl (C=O) groups excluding carboxylic acids is 1. The molecule has 0 aliphatic carbocycles. The Morgan fingerprint density at radius 1 is 1.43 bits per heavy atom. The highest BCUT2D eigenvalue weighted by Crippen LogP contribution is 2.30. The fourth-order valence-electron chi connectivity index (χ4n) is 1.95. The summed E-state index contributed by atoms with van der Waals surface area (Å²) in [5, 5.41) is 9.35. The lowest BCUT2D eigenvalue weighted by Gasteiger charge is -2.35. The van der Waals surface area contributed by atoms with Gasteiger partial charge in [0.1, 0.15) is 5.60 Å². The second-order valence-corrected chi connectivity index (χ2v) is 3.73. The maximum Gasteiger partial charge on any atom is 0.187 e. The molecule has 3 heteroatoms. The van der Waals surface area contributed by atoms with Crippen LogP contribution in [0.1, 0.15) is 39.5 Å². The predicted molar refractivity (Wildman–Crippen MR) is 53.8 cm³/mol. The van der Waals surface area contributed by atoms with E-state index < -0.39 is 11.9 Å². The fraction of sp³-hybridized carbons (Fsp3) is 0.727. The minimum atomic E-state index is -0.925. The van der Waals surface area contributed by atoms with Gasteiger partial charge < -0.3 is 9.84 Å². The number of hydrogen-bond donors (Lipinski definition) is 1. The largest absolute Gasteiger partial charge is 0.365 e. The van der Waals surface area contributed by atoms with Crippen LogP contribution in [0.3, 0.4) is 0 Å². The lowest BCUT2D eigenvalue weighted by Crippen LogP contribution is -2.45. The van der Waals surface area contributed by atoms with Crippen molar-refractivity contribution in [2.45, 2.75) is 51.4 Å². The summed E-state index contributed by atoms with van der Waals surface area (Å²) in [6, 6.07) is 0. The summed E-state index contributed by atoms with van der Waals surface area (Å²) < 4.78 is 5.39. The first-order valence-corrected chi connectivity index (χ1v) is 5.23. The van der Waals surface area contributed by atoms with Gasteiger partial charge in [-0.2, -0.15) is 0 Å². The van der Waals surface area contributed by atoms with Gasteiger partial charge in [0, 0.05) is 0 Å². The van der Waals surface area contributed by atoms with Gasteiger partial charge in [-0.15, -0.1) is 0 Å². The number of ether oxygens (including phenoxy) is 1. The van der Waals surface area contributed by atoms with E-state index in [2.05, 4.69) is 0 Å². The topological polar surface area (TPSA) is 46.5 Å². The van der Waals surface area contributed by atoms with E-state index >= 15 is 0 Å². The molecule has 0 aromatic rings. The van der Waals surface area contributed by atoms with E-state index in [1.807, 2.05) is 13.8 Å². The van der Waals surface area contributed by atoms with Gasteiger partial charge in [0.05, 0.1) is 0 Å². The Morgan fingerprint density at radius 3 is 2.50 bits per heavy atom. The van der Waals surface area contributed by atoms with Crippen molar-refractivity contribution in [3.05, 3.63) is 12.2 Å². The molecular weight excluding hydrogens is 180 g/mol. The lowest BCUT2D eigenvalue weighted by atomic mass is 9.86. The van der Waals surface area contributed by atoms with Crippen LogP contribution in [0.5, 0.6) is 0 Å². The average molecular weight is 198 g/mol. The van der Waals surface area contributed by atoms with Crippen LogP contribution in [0.15, 0.2) is 12.2 Å². The summed E-state index contributed by atoms with van der Waals surface area (Å²) in [6.07, 6.45) is 5.04. The van der Waals surface area contributed by atoms with Crippen LogP contribution in [0.25, 0.3) is 0 Å². The van der Waals surface area contributed by atoms with Gasteiger partial charge in [0.25, 0.3) is 0 Å². The Morgan fingerprint density at radius 2 is 2.00 bits per heavy atom. The third-order valence-corrected chi connectivity index (χ3v) is 2.52. The maximum atomic E-state index is 11.7. The molecule has 0 aromatic carbocycles. The number of aliphatic hydroxyl groups is 1. The van der Waals surface area contributed by atoms with Crippen molar-refractivity contribution in [1.29, 1.82) is 0 Å². The standard InChI is InChI=1S/C11H18O3/c1-3-7-11(8-4-2)9(12)5-6-10(13)14-11/h5-6,10,13H,3-4,7-8H2,1-2H3. The van der Waals surface area contributed by atoms with Crippen LogP contribution < -0.4 is 0 Å². The van der Waals surface area contributed by atoms with Gasteiger partial charge >= 0.3 is 0 Å². The van der Waals surface area contributed by atoms with E-state index in [-0.39, 0.29) is 5.78 Å². The van der Waals surface area contributed by atoms with E-state index in [4.69, 9.17) is 4.74 Å². The van der Waals surface area contributed by atoms with Crippen LogP contribution in [0, 0.1) is 0 Å². The summed E-state index contributed by atoms with van der Waals surface area (Å²) in [6.45, 7) is 4.03. The summed E-state index contributed by atoms with van der Waals surface area (Å²) in [4.78, 5) is 11.7. The molecule has 1 heterocycles. The van der Waals surface area contributed by atoms with Crippen LogP contribution in [-0.4, -0.2) is 22.8 Å². The minimum absolute atomic E-state index is 0.00787. The van der Waals surface area contributed by atoms with Crippen LogP contribution in [0.4, 0.5) is 0 Å². The fourth-order valence-corrected chi connectivity index (χ4v) is 1.95. The van der Waals surface area contributed by atoms with E-state index in [1.54, 1.807) is 0 Å². The third-order valence-electron chi connectivity index (χ3n) is 2.52. The van der Waals surface area contributed by atoms with Gasteiger partial charge in [-0.3, -0.25) is 4.79 Å². The number of rotatable bonds is 4. The first-order valence-electron chi connectivity index (χ1n) is 5.23. The molecule has 1 unspecified atom stereocenters. The Kier molecular flexibility index (Phi) is 3.84. The first kappa shape index (κ1) is 11.4. The molecule has 0 bridgehead atoms. The molecule has 0 fully saturated rings. The smallest absolute Gasteiger partial charge is 0.187 e. The van der Waals surface area contributed by atoms with E-state index in [0.29, 0.717) is 12.8 Å². The Labute approximate surface area is 84.8 Å². The number of carbonyl (C=O) groups is 1. The SMILES string of the molecule is CCCC1(CCC)OC(O)C=CC1=O. The molecule has 3 nitrogen and oxygen atoms in total. The number of hydrogen-bond acceptors (Lipinski definition) is 3. The highest BCUT2D eigenvalue weighted by Gasteiger charge is 2.40. The van der Waals surface area contributed by atoms with E-state index in [0.717, 1.165) is 12.8 Å². The molecule has 1 aliphatic heterocycles. The van der Waals surface area contributed by atoms with Crippen molar-refractivity contribution in [3.8, 4) is 0 Å². The molecule has 0 radical (unpaired) electrons. The van der Waals surface area contributed by atoms with Crippen molar-refractivity contribution in [1.82, 2.24) is 0 Å². The lowest BCUT2D eigenvalue weighted by molar-refractivity contribution is -0.183. The zero-order valence-electron chi connectivity index (χ0n) is 8.82. The van der Waals surface area contributed by atoms with Crippen molar-refractivity contribution >= 4 is 5.78 Å². The van der Waals surface area contributed by atoms with Gasteiger partial charge in [0.15, 0.2) is 12.1 Å². The zero-order chi connectivity index (χ0) is 10.6. The number of ketones is 1. The van der Waals surface area contributed by atoms with Gasteiger partial charge in [0.2, 0.25) is 0 Å². The minimum Gasteiger partial charge on any atom is -0.365 e. The summed E-state index contributed by atoms with van der Waals surface area (Å²) in [5.74, 6) is -0.00787. The highest BCUT2D eigenvalue weighted by atomic mass is 16.6. The maximum absolute atomic E-state index is 11.7. The Balaban J connectivity index is 2.84. The molecular formula is C11H18O3. The average Bonchev–Trinajstić information content (AvgIpc) is 2.13. The van der Waals surface area contributed by atoms with Crippen LogP contribution in [-0.2, 0) is 9.53 Å². The molecule has 14 heavy (non-hydrogen) atoms. The quantitative estimate of drug-likeness (QED) is 0.749. The zero-order valence-corrected chi connectivity index (χ0v) is 8.82. The second kappa shape index (κ2) is 4.71. The molecule has 0 saturated carbocycles. The summed E-state index contributed by atoms with van der Waals surface area (Å²) in [7, 11) is 0. The monoisotopic (exact) mass is 198 g/mol. The summed E-state index contributed by atoms with van der Waals surface area (Å²) in [5.41, 5.74) is -0.766. The van der Waals surface area contributed by atoms with Crippen LogP contribution >= 0.6 is 0 Å². The third kappa shape index (κ3) is 2.22. The van der Waals surface area contributed by atoms with E-state index in [9.17, 15) is 9.90 Å². The van der Waals surface area contributed by atoms with Gasteiger partial charge in [-0.05, 0) is 25.0 Å². The number of aliphatic hydroxyl groups excluding tert-OH is 1. The molecule has 1 atom stereocenters. The molecule has 1 N–H and O–H groups in total. The van der Waals surface area contributed by atoms with Crippen molar-refractivity contribution in [2.75, 3.05) is 0 Å². The molecule has 80 valence electrons. The van der Waals surface area contributed by atoms with Gasteiger partial charge in [-0.1, -0.05) is 26.7 Å². The van der Waals surface area contributed by atoms with Gasteiger partial charge in [-0.25, -0.2) is 0 Å². The van der Waals surface area contributed by atoms with Crippen molar-refractivity contribution in [3.63, 3.8) is 0 Å². The van der Waals surface area contributed by atoms with Crippen molar-refractivity contribution in [2.24, 2.45) is 0 Å². The Hall–Kier alpha value is -0.670. The second-order valence-electron chi connectivity index (χ2n) is 3.73. The Bertz CT molecular complexity index is 227. The highest BCUT2D eigenvalue weighted by molar-refractivity contribution is 5.97. The molecule has 0 spiro atoms. The molecule has 0 saturated heterocycles. The molecule has 1 aliphatic rings. The van der Waals surface area contributed by atoms with Crippen molar-refractivity contribution < 1.29 is 14.6 Å². The summed E-state index contributed by atoms with van der Waals surface area (Å²) >= 11 is 0. The normalized spacial score (nSPS) is 25.4. The molecule has 1 rings (SSSR count).